The van der Waals surface area contributed by atoms with Crippen LogP contribution in [0.4, 0.5) is 10.1 Å². The van der Waals surface area contributed by atoms with Crippen molar-refractivity contribution < 1.29 is 9.18 Å². The van der Waals surface area contributed by atoms with Crippen molar-refractivity contribution in [2.24, 2.45) is 29.3 Å². The predicted molar refractivity (Wildman–Crippen MR) is 168 cm³/mol. The summed E-state index contributed by atoms with van der Waals surface area (Å²) in [4.78, 5) is 18.7. The smallest absolute Gasteiger partial charge is 0.179 e. The average Bonchev–Trinajstić information content (AvgIpc) is 3.29. The van der Waals surface area contributed by atoms with Crippen LogP contribution in [0.25, 0.3) is 16.6 Å². The van der Waals surface area contributed by atoms with E-state index in [9.17, 15) is 9.18 Å². The Kier molecular flexibility index (Phi) is 10.5. The molecular weight excluding hydrogens is 515 g/mol. The Morgan fingerprint density at radius 2 is 1.83 bits per heavy atom. The van der Waals surface area contributed by atoms with E-state index in [1.807, 2.05) is 13.8 Å². The number of rotatable bonds is 13. The van der Waals surface area contributed by atoms with Crippen molar-refractivity contribution >= 4 is 28.1 Å². The zero-order chi connectivity index (χ0) is 29.5. The second kappa shape index (κ2) is 14.0. The number of nitrogens with two attached hydrogens (primary N) is 2. The van der Waals surface area contributed by atoms with Crippen LogP contribution in [0.1, 0.15) is 68.6 Å². The number of piperidine rings is 1. The lowest BCUT2D eigenvalue weighted by molar-refractivity contribution is 0.0963. The number of fused-ring (bicyclic) bond motifs is 1. The first-order valence-electron chi connectivity index (χ1n) is 15.0. The van der Waals surface area contributed by atoms with E-state index < -0.39 is 0 Å². The molecule has 1 saturated heterocycles. The highest BCUT2D eigenvalue weighted by molar-refractivity contribution is 6.07. The van der Waals surface area contributed by atoms with Gasteiger partial charge in [0.25, 0.3) is 0 Å². The Balaban J connectivity index is 1.29. The zero-order valence-electron chi connectivity index (χ0n) is 25.1. The number of likely N-dealkylation sites (tertiary alicyclic amines) is 1. The highest BCUT2D eigenvalue weighted by Crippen LogP contribution is 2.29. The minimum absolute atomic E-state index is 0.0449. The summed E-state index contributed by atoms with van der Waals surface area (Å²) in [5, 5.41) is 5.76. The van der Waals surface area contributed by atoms with Crippen molar-refractivity contribution in [1.29, 1.82) is 0 Å². The topological polar surface area (TPSA) is 103 Å². The van der Waals surface area contributed by atoms with E-state index >= 15 is 0 Å². The Labute approximate surface area is 244 Å². The minimum Gasteiger partial charge on any atom is -0.397 e. The second-order valence-electron chi connectivity index (χ2n) is 12.4. The molecule has 2 heterocycles. The molecule has 6 N–H and O–H groups in total. The summed E-state index contributed by atoms with van der Waals surface area (Å²) in [6.07, 6.45) is 5.28. The molecule has 3 aromatic rings. The van der Waals surface area contributed by atoms with Gasteiger partial charge in [-0.25, -0.2) is 10.2 Å². The molecule has 41 heavy (non-hydrogen) atoms. The maximum Gasteiger partial charge on any atom is 0.179 e. The van der Waals surface area contributed by atoms with Gasteiger partial charge in [0.1, 0.15) is 5.82 Å². The van der Waals surface area contributed by atoms with E-state index in [0.717, 1.165) is 45.4 Å². The monoisotopic (exact) mass is 562 g/mol. The minimum atomic E-state index is -0.375. The Hall–Kier alpha value is -3.36. The first-order chi connectivity index (χ1) is 19.6. The standard InChI is InChI=1S/C33H47FN6O/c1-22(2)17-24-5-8-27(9-6-24)37-13-16-39-14-11-25(12-15-39)20-40(36)21-29(35)32-28-19-26(34)7-10-30(28)38-33(32)31(41)18-23(3)4/h5-10,19,21-23,25,37-38H,11-18,20,35-36H2,1-4H3/b29-21-. The third-order valence-electron chi connectivity index (χ3n) is 7.76. The van der Waals surface area contributed by atoms with Gasteiger partial charge in [-0.2, -0.15) is 0 Å². The van der Waals surface area contributed by atoms with Gasteiger partial charge in [0.05, 0.1) is 11.4 Å². The number of ketones is 1. The van der Waals surface area contributed by atoms with E-state index in [1.54, 1.807) is 17.3 Å². The summed E-state index contributed by atoms with van der Waals surface area (Å²) in [5.41, 5.74) is 11.0. The second-order valence-corrected chi connectivity index (χ2v) is 12.4. The van der Waals surface area contributed by atoms with Gasteiger partial charge in [0, 0.05) is 54.4 Å². The fourth-order valence-corrected chi connectivity index (χ4v) is 5.72. The van der Waals surface area contributed by atoms with Crippen LogP contribution in [-0.2, 0) is 6.42 Å². The van der Waals surface area contributed by atoms with Crippen LogP contribution < -0.4 is 16.9 Å². The molecule has 0 amide bonds. The summed E-state index contributed by atoms with van der Waals surface area (Å²) in [6.45, 7) is 13.1. The van der Waals surface area contributed by atoms with Crippen molar-refractivity contribution in [2.45, 2.75) is 53.4 Å². The van der Waals surface area contributed by atoms with Crippen LogP contribution in [0.15, 0.2) is 48.7 Å². The number of benzene rings is 2. The molecule has 1 fully saturated rings. The molecule has 0 atom stereocenters. The largest absolute Gasteiger partial charge is 0.397 e. The molecule has 2 aromatic carbocycles. The summed E-state index contributed by atoms with van der Waals surface area (Å²) < 4.78 is 14.1. The van der Waals surface area contributed by atoms with E-state index in [1.165, 1.54) is 23.4 Å². The van der Waals surface area contributed by atoms with Gasteiger partial charge < -0.3 is 25.9 Å². The fraction of sp³-hybridized carbons (Fsp3) is 0.485. The van der Waals surface area contributed by atoms with Gasteiger partial charge in [-0.05, 0) is 86.0 Å². The fourth-order valence-electron chi connectivity index (χ4n) is 5.72. The molecule has 0 radical (unpaired) electrons. The van der Waals surface area contributed by atoms with Gasteiger partial charge in [0.15, 0.2) is 5.78 Å². The van der Waals surface area contributed by atoms with E-state index in [0.29, 0.717) is 52.7 Å². The summed E-state index contributed by atoms with van der Waals surface area (Å²) in [6, 6.07) is 13.2. The molecular formula is C33H47FN6O. The molecule has 0 bridgehead atoms. The number of halogens is 1. The van der Waals surface area contributed by atoms with Gasteiger partial charge in [-0.15, -0.1) is 0 Å². The van der Waals surface area contributed by atoms with Gasteiger partial charge >= 0.3 is 0 Å². The first-order valence-corrected chi connectivity index (χ1v) is 15.0. The lowest BCUT2D eigenvalue weighted by Gasteiger charge is -2.33. The molecule has 4 rings (SSSR count). The maximum atomic E-state index is 14.1. The summed E-state index contributed by atoms with van der Waals surface area (Å²) >= 11 is 0. The van der Waals surface area contributed by atoms with Crippen molar-refractivity contribution in [1.82, 2.24) is 14.9 Å². The number of hydrogen-bond acceptors (Lipinski definition) is 6. The van der Waals surface area contributed by atoms with Gasteiger partial charge in [-0.1, -0.05) is 39.8 Å². The normalized spacial score (nSPS) is 15.3. The molecule has 7 nitrogen and oxygen atoms in total. The number of hydrogen-bond donors (Lipinski definition) is 4. The Morgan fingerprint density at radius 3 is 2.49 bits per heavy atom. The molecule has 0 saturated carbocycles. The van der Waals surface area contributed by atoms with E-state index in [-0.39, 0.29) is 17.5 Å². The van der Waals surface area contributed by atoms with Gasteiger partial charge in [-0.3, -0.25) is 4.79 Å². The molecule has 1 aliphatic heterocycles. The number of carbonyl (C=O) groups excluding carboxylic acids is 1. The lowest BCUT2D eigenvalue weighted by atomic mass is 9.96. The summed E-state index contributed by atoms with van der Waals surface area (Å²) in [5.74, 6) is 7.28. The highest BCUT2D eigenvalue weighted by atomic mass is 19.1. The number of Topliss-reactive ketones (excluding diaryl/α,β-unsaturated/α-hetero) is 1. The zero-order valence-corrected chi connectivity index (χ0v) is 25.1. The number of hydrazine groups is 1. The van der Waals surface area contributed by atoms with Crippen molar-refractivity contribution in [3.8, 4) is 0 Å². The molecule has 0 spiro atoms. The number of anilines is 1. The van der Waals surface area contributed by atoms with Crippen LogP contribution in [-0.4, -0.2) is 53.4 Å². The van der Waals surface area contributed by atoms with Crippen molar-refractivity contribution in [3.63, 3.8) is 0 Å². The van der Waals surface area contributed by atoms with Crippen molar-refractivity contribution in [3.05, 3.63) is 71.3 Å². The van der Waals surface area contributed by atoms with Crippen LogP contribution >= 0.6 is 0 Å². The summed E-state index contributed by atoms with van der Waals surface area (Å²) in [7, 11) is 0. The van der Waals surface area contributed by atoms with Crippen molar-refractivity contribution in [2.75, 3.05) is 38.0 Å². The molecule has 1 aliphatic rings. The Morgan fingerprint density at radius 1 is 1.12 bits per heavy atom. The van der Waals surface area contributed by atoms with Crippen LogP contribution in [0.5, 0.6) is 0 Å². The molecule has 222 valence electrons. The molecule has 1 aromatic heterocycles. The van der Waals surface area contributed by atoms with Crippen LogP contribution in [0, 0.1) is 23.6 Å². The SMILES string of the molecule is CC(C)CC(=O)c1[nH]c2ccc(F)cc2c1/C(N)=C/N(N)CC1CCN(CCNc2ccc(CC(C)C)cc2)CC1. The number of nitrogens with zero attached hydrogens (tertiary/aromatic N) is 2. The average molecular weight is 563 g/mol. The predicted octanol–water partition coefficient (Wildman–Crippen LogP) is 5.99. The lowest BCUT2D eigenvalue weighted by Crippen LogP contribution is -2.41. The van der Waals surface area contributed by atoms with Crippen LogP contribution in [0.2, 0.25) is 0 Å². The van der Waals surface area contributed by atoms with Gasteiger partial charge in [0.2, 0.25) is 0 Å². The number of carbonyl (C=O) groups is 1. The third kappa shape index (κ3) is 8.57. The number of H-pyrrole nitrogens is 1. The van der Waals surface area contributed by atoms with Crippen LogP contribution in [0.3, 0.4) is 0 Å². The maximum absolute atomic E-state index is 14.1. The third-order valence-corrected chi connectivity index (χ3v) is 7.76. The number of aromatic amines is 1. The quantitative estimate of drug-likeness (QED) is 0.116. The Bertz CT molecular complexity index is 1320. The van der Waals surface area contributed by atoms with E-state index in [2.05, 4.69) is 53.3 Å². The number of nitrogens with one attached hydrogen (secondary N) is 2. The van der Waals surface area contributed by atoms with E-state index in [4.69, 9.17) is 11.6 Å². The highest BCUT2D eigenvalue weighted by Gasteiger charge is 2.23. The number of aromatic nitrogens is 1. The molecule has 0 aliphatic carbocycles. The molecule has 0 unspecified atom stereocenters. The first kappa shape index (κ1) is 30.6. The molecule has 8 heteroatoms.